The lowest BCUT2D eigenvalue weighted by molar-refractivity contribution is -0.194. The molecule has 3 aliphatic rings. The zero-order valence-corrected chi connectivity index (χ0v) is 10.8. The van der Waals surface area contributed by atoms with Gasteiger partial charge in [-0.3, -0.25) is 0 Å². The van der Waals surface area contributed by atoms with Gasteiger partial charge in [-0.15, -0.1) is 0 Å². The van der Waals surface area contributed by atoms with Gasteiger partial charge in [0.25, 0.3) is 0 Å². The molecule has 0 N–H and O–H groups in total. The Morgan fingerprint density at radius 2 is 1.89 bits per heavy atom. The Bertz CT molecular complexity index is 473. The van der Waals surface area contributed by atoms with Crippen molar-refractivity contribution in [2.24, 2.45) is 0 Å². The number of fused-ring (bicyclic) bond motifs is 2. The van der Waals surface area contributed by atoms with Gasteiger partial charge < -0.3 is 18.9 Å². The molecule has 102 valence electrons. The Morgan fingerprint density at radius 3 is 2.84 bits per heavy atom. The standard InChI is InChI=1S/C15H18O4/c1-2-6-12-11(5-1)16-8-14(19-12)10-4-3-7-13-15(10)18-9-17-13/h3-4,7,11-12,14H,1-2,5-6,8-9H2. The van der Waals surface area contributed by atoms with Gasteiger partial charge in [-0.1, -0.05) is 25.0 Å². The van der Waals surface area contributed by atoms with Crippen LogP contribution in [0, 0.1) is 0 Å². The lowest BCUT2D eigenvalue weighted by atomic mass is 9.93. The smallest absolute Gasteiger partial charge is 0.231 e. The number of ether oxygens (including phenoxy) is 4. The molecule has 0 aromatic heterocycles. The SMILES string of the molecule is c1cc2c(c(C3COC4CCCCC4O3)c1)OCO2. The lowest BCUT2D eigenvalue weighted by Gasteiger charge is -2.39. The van der Waals surface area contributed by atoms with Crippen LogP contribution in [0.2, 0.25) is 0 Å². The largest absolute Gasteiger partial charge is 0.454 e. The van der Waals surface area contributed by atoms with Crippen LogP contribution in [0.25, 0.3) is 0 Å². The molecular formula is C15H18O4. The van der Waals surface area contributed by atoms with E-state index >= 15 is 0 Å². The second kappa shape index (κ2) is 4.69. The highest BCUT2D eigenvalue weighted by atomic mass is 16.7. The normalized spacial score (nSPS) is 32.9. The van der Waals surface area contributed by atoms with Crippen LogP contribution in [0.1, 0.15) is 37.4 Å². The molecule has 1 saturated carbocycles. The fraction of sp³-hybridized carbons (Fsp3) is 0.600. The number of benzene rings is 1. The van der Waals surface area contributed by atoms with Crippen LogP contribution in [0.4, 0.5) is 0 Å². The summed E-state index contributed by atoms with van der Waals surface area (Å²) >= 11 is 0. The quantitative estimate of drug-likeness (QED) is 0.780. The molecule has 4 rings (SSSR count). The molecule has 0 bridgehead atoms. The van der Waals surface area contributed by atoms with Crippen LogP contribution in [-0.4, -0.2) is 25.6 Å². The maximum atomic E-state index is 6.24. The first-order valence-corrected chi connectivity index (χ1v) is 7.07. The van der Waals surface area contributed by atoms with Crippen molar-refractivity contribution in [2.75, 3.05) is 13.4 Å². The van der Waals surface area contributed by atoms with Gasteiger partial charge >= 0.3 is 0 Å². The fourth-order valence-corrected chi connectivity index (χ4v) is 3.24. The molecule has 2 aliphatic heterocycles. The van der Waals surface area contributed by atoms with Crippen molar-refractivity contribution in [1.82, 2.24) is 0 Å². The van der Waals surface area contributed by atoms with E-state index in [4.69, 9.17) is 18.9 Å². The predicted molar refractivity (Wildman–Crippen MR) is 68.4 cm³/mol. The summed E-state index contributed by atoms with van der Waals surface area (Å²) in [5, 5.41) is 0. The van der Waals surface area contributed by atoms with Crippen LogP contribution in [0.15, 0.2) is 18.2 Å². The highest BCUT2D eigenvalue weighted by Crippen LogP contribution is 2.42. The number of hydrogen-bond acceptors (Lipinski definition) is 4. The fourth-order valence-electron chi connectivity index (χ4n) is 3.24. The van der Waals surface area contributed by atoms with E-state index in [9.17, 15) is 0 Å². The minimum absolute atomic E-state index is 0.0315. The number of rotatable bonds is 1. The third-order valence-electron chi connectivity index (χ3n) is 4.22. The molecule has 2 heterocycles. The van der Waals surface area contributed by atoms with Crippen molar-refractivity contribution >= 4 is 0 Å². The Hall–Kier alpha value is -1.26. The Kier molecular flexibility index (Phi) is 2.85. The third-order valence-corrected chi connectivity index (χ3v) is 4.22. The summed E-state index contributed by atoms with van der Waals surface area (Å²) in [6.07, 6.45) is 5.23. The second-order valence-corrected chi connectivity index (χ2v) is 5.40. The summed E-state index contributed by atoms with van der Waals surface area (Å²) in [7, 11) is 0. The van der Waals surface area contributed by atoms with E-state index in [1.54, 1.807) is 0 Å². The van der Waals surface area contributed by atoms with E-state index in [1.807, 2.05) is 18.2 Å². The van der Waals surface area contributed by atoms with Crippen molar-refractivity contribution in [3.8, 4) is 11.5 Å². The third kappa shape index (κ3) is 1.99. The van der Waals surface area contributed by atoms with E-state index in [-0.39, 0.29) is 12.2 Å². The van der Waals surface area contributed by atoms with Gasteiger partial charge in [-0.05, 0) is 18.9 Å². The highest BCUT2D eigenvalue weighted by molar-refractivity contribution is 5.49. The zero-order chi connectivity index (χ0) is 12.7. The molecule has 4 heteroatoms. The van der Waals surface area contributed by atoms with Crippen LogP contribution >= 0.6 is 0 Å². The highest BCUT2D eigenvalue weighted by Gasteiger charge is 2.36. The number of para-hydroxylation sites is 1. The van der Waals surface area contributed by atoms with Crippen LogP contribution in [0.5, 0.6) is 11.5 Å². The summed E-state index contributed by atoms with van der Waals surface area (Å²) in [5.74, 6) is 1.64. The average Bonchev–Trinajstić information content (AvgIpc) is 2.95. The van der Waals surface area contributed by atoms with Gasteiger partial charge in [0.15, 0.2) is 11.5 Å². The first kappa shape index (κ1) is 11.6. The molecule has 1 aromatic carbocycles. The molecule has 1 aromatic rings. The summed E-state index contributed by atoms with van der Waals surface area (Å²) in [4.78, 5) is 0. The van der Waals surface area contributed by atoms with Gasteiger partial charge in [0.2, 0.25) is 6.79 Å². The topological polar surface area (TPSA) is 36.9 Å². The maximum Gasteiger partial charge on any atom is 0.231 e. The van der Waals surface area contributed by atoms with Gasteiger partial charge in [0.05, 0.1) is 18.8 Å². The summed E-state index contributed by atoms with van der Waals surface area (Å²) in [6.45, 7) is 0.910. The molecule has 3 atom stereocenters. The van der Waals surface area contributed by atoms with Crippen molar-refractivity contribution < 1.29 is 18.9 Å². The van der Waals surface area contributed by atoms with Gasteiger partial charge in [0, 0.05) is 5.56 Å². The Morgan fingerprint density at radius 1 is 1.00 bits per heavy atom. The molecule has 19 heavy (non-hydrogen) atoms. The van der Waals surface area contributed by atoms with E-state index in [1.165, 1.54) is 12.8 Å². The molecule has 1 aliphatic carbocycles. The minimum Gasteiger partial charge on any atom is -0.454 e. The lowest BCUT2D eigenvalue weighted by Crippen LogP contribution is -2.42. The Balaban J connectivity index is 1.58. The average molecular weight is 262 g/mol. The summed E-state index contributed by atoms with van der Waals surface area (Å²) in [6, 6.07) is 5.96. The molecule has 2 fully saturated rings. The first-order chi connectivity index (χ1) is 9.42. The van der Waals surface area contributed by atoms with Crippen molar-refractivity contribution in [3.05, 3.63) is 23.8 Å². The molecule has 0 spiro atoms. The molecule has 0 amide bonds. The minimum atomic E-state index is -0.0315. The second-order valence-electron chi connectivity index (χ2n) is 5.40. The molecule has 4 nitrogen and oxygen atoms in total. The van der Waals surface area contributed by atoms with Crippen LogP contribution < -0.4 is 9.47 Å². The predicted octanol–water partition coefficient (Wildman–Crippen LogP) is 2.81. The van der Waals surface area contributed by atoms with Crippen molar-refractivity contribution in [1.29, 1.82) is 0 Å². The van der Waals surface area contributed by atoms with Gasteiger partial charge in [0.1, 0.15) is 6.10 Å². The first-order valence-electron chi connectivity index (χ1n) is 7.07. The molecule has 3 unspecified atom stereocenters. The van der Waals surface area contributed by atoms with E-state index in [2.05, 4.69) is 0 Å². The maximum absolute atomic E-state index is 6.24. The van der Waals surface area contributed by atoms with E-state index < -0.39 is 0 Å². The number of hydrogen-bond donors (Lipinski definition) is 0. The van der Waals surface area contributed by atoms with Crippen molar-refractivity contribution in [2.45, 2.75) is 44.0 Å². The summed E-state index contributed by atoms with van der Waals surface area (Å²) < 4.78 is 23.2. The van der Waals surface area contributed by atoms with E-state index in [0.29, 0.717) is 19.5 Å². The molecule has 0 radical (unpaired) electrons. The van der Waals surface area contributed by atoms with E-state index in [0.717, 1.165) is 29.9 Å². The zero-order valence-electron chi connectivity index (χ0n) is 10.8. The van der Waals surface area contributed by atoms with Crippen LogP contribution in [-0.2, 0) is 9.47 Å². The Labute approximate surface area is 112 Å². The summed E-state index contributed by atoms with van der Waals surface area (Å²) in [5.41, 5.74) is 1.05. The van der Waals surface area contributed by atoms with Gasteiger partial charge in [-0.2, -0.15) is 0 Å². The molecule has 1 saturated heterocycles. The monoisotopic (exact) mass is 262 g/mol. The van der Waals surface area contributed by atoms with Crippen molar-refractivity contribution in [3.63, 3.8) is 0 Å². The van der Waals surface area contributed by atoms with Crippen LogP contribution in [0.3, 0.4) is 0 Å². The van der Waals surface area contributed by atoms with Gasteiger partial charge in [-0.25, -0.2) is 0 Å². The molecular weight excluding hydrogens is 244 g/mol.